The van der Waals surface area contributed by atoms with Crippen LogP contribution < -0.4 is 0 Å². The molecule has 1 amide bonds. The van der Waals surface area contributed by atoms with Crippen LogP contribution in [0.1, 0.15) is 36.9 Å². The molecule has 0 saturated carbocycles. The number of furan rings is 1. The van der Waals surface area contributed by atoms with Gasteiger partial charge in [-0.2, -0.15) is 0 Å². The van der Waals surface area contributed by atoms with Crippen LogP contribution in [0.2, 0.25) is 0 Å². The van der Waals surface area contributed by atoms with Crippen LogP contribution in [0.3, 0.4) is 0 Å². The lowest BCUT2D eigenvalue weighted by atomic mass is 9.70. The zero-order chi connectivity index (χ0) is 15.9. The van der Waals surface area contributed by atoms with Crippen molar-refractivity contribution in [3.8, 4) is 0 Å². The highest BCUT2D eigenvalue weighted by Crippen LogP contribution is 2.54. The number of carbonyl (C=O) groups is 1. The van der Waals surface area contributed by atoms with E-state index in [-0.39, 0.29) is 23.3 Å². The molecule has 1 saturated heterocycles. The van der Waals surface area contributed by atoms with E-state index < -0.39 is 0 Å². The number of fused-ring (bicyclic) bond motifs is 1. The predicted octanol–water partition coefficient (Wildman–Crippen LogP) is 4.34. The average molecular weight is 307 g/mol. The molecule has 3 atom stereocenters. The largest absolute Gasteiger partial charge is 0.472 e. The minimum Gasteiger partial charge on any atom is -0.472 e. The molecule has 3 nitrogen and oxygen atoms in total. The molecule has 1 aromatic carbocycles. The van der Waals surface area contributed by atoms with Crippen molar-refractivity contribution in [2.75, 3.05) is 0 Å². The fraction of sp³-hybridized carbons (Fsp3) is 0.350. The first kappa shape index (κ1) is 14.3. The van der Waals surface area contributed by atoms with Crippen LogP contribution in [0.4, 0.5) is 0 Å². The summed E-state index contributed by atoms with van der Waals surface area (Å²) < 4.78 is 5.31. The summed E-state index contributed by atoms with van der Waals surface area (Å²) in [4.78, 5) is 15.3. The van der Waals surface area contributed by atoms with Gasteiger partial charge in [0.05, 0.1) is 24.0 Å². The minimum absolute atomic E-state index is 0.0583. The Hall–Kier alpha value is -2.29. The van der Waals surface area contributed by atoms with E-state index in [0.717, 1.165) is 18.4 Å². The van der Waals surface area contributed by atoms with Crippen LogP contribution in [0, 0.1) is 11.3 Å². The molecule has 23 heavy (non-hydrogen) atoms. The standard InChI is InChI=1S/C20H21NO2/c1-20-11-6-5-9-17(20)18(16-10-12-23-14-16)21(19(20)22)13-15-7-3-2-4-8-15/h2-5,7-10,12,14,17-18H,6,11,13H2,1H3/t17?,18?,20-/m1/s1. The number of nitrogens with zero attached hydrogens (tertiary/aromatic N) is 1. The van der Waals surface area contributed by atoms with Gasteiger partial charge in [-0.25, -0.2) is 0 Å². The van der Waals surface area contributed by atoms with Gasteiger partial charge in [-0.05, 0) is 24.5 Å². The van der Waals surface area contributed by atoms with Gasteiger partial charge in [-0.3, -0.25) is 4.79 Å². The fourth-order valence-electron chi connectivity index (χ4n) is 4.14. The molecule has 1 aliphatic carbocycles. The van der Waals surface area contributed by atoms with Gasteiger partial charge < -0.3 is 9.32 Å². The van der Waals surface area contributed by atoms with Gasteiger partial charge in [0, 0.05) is 18.0 Å². The van der Waals surface area contributed by atoms with Crippen LogP contribution in [0.25, 0.3) is 0 Å². The van der Waals surface area contributed by atoms with E-state index in [0.29, 0.717) is 6.54 Å². The van der Waals surface area contributed by atoms with Crippen LogP contribution in [-0.4, -0.2) is 10.8 Å². The maximum absolute atomic E-state index is 13.2. The minimum atomic E-state index is -0.300. The Morgan fingerprint density at radius 3 is 2.83 bits per heavy atom. The summed E-state index contributed by atoms with van der Waals surface area (Å²) in [6.07, 6.45) is 9.85. The monoisotopic (exact) mass is 307 g/mol. The Morgan fingerprint density at radius 1 is 1.26 bits per heavy atom. The van der Waals surface area contributed by atoms with Crippen LogP contribution in [-0.2, 0) is 11.3 Å². The Bertz CT molecular complexity index is 719. The first-order valence-electron chi connectivity index (χ1n) is 8.24. The fourth-order valence-corrected chi connectivity index (χ4v) is 4.14. The highest BCUT2D eigenvalue weighted by molar-refractivity contribution is 5.86. The van der Waals surface area contributed by atoms with Crippen molar-refractivity contribution in [2.24, 2.45) is 11.3 Å². The van der Waals surface area contributed by atoms with Crippen LogP contribution in [0.5, 0.6) is 0 Å². The van der Waals surface area contributed by atoms with Crippen molar-refractivity contribution < 1.29 is 9.21 Å². The topological polar surface area (TPSA) is 33.5 Å². The van der Waals surface area contributed by atoms with Crippen molar-refractivity contribution in [1.82, 2.24) is 4.90 Å². The normalized spacial score (nSPS) is 29.8. The van der Waals surface area contributed by atoms with Gasteiger partial charge in [0.25, 0.3) is 0 Å². The van der Waals surface area contributed by atoms with Crippen molar-refractivity contribution in [3.05, 3.63) is 72.2 Å². The summed E-state index contributed by atoms with van der Waals surface area (Å²) in [5, 5.41) is 0. The summed E-state index contributed by atoms with van der Waals surface area (Å²) in [5.41, 5.74) is 1.96. The number of hydrogen-bond acceptors (Lipinski definition) is 2. The molecule has 2 aromatic rings. The van der Waals surface area contributed by atoms with Crippen molar-refractivity contribution in [2.45, 2.75) is 32.4 Å². The Labute approximate surface area is 136 Å². The number of allylic oxidation sites excluding steroid dienone is 1. The summed E-state index contributed by atoms with van der Waals surface area (Å²) in [7, 11) is 0. The van der Waals surface area contributed by atoms with E-state index in [1.165, 1.54) is 5.56 Å². The third kappa shape index (κ3) is 2.23. The number of benzene rings is 1. The molecule has 118 valence electrons. The number of rotatable bonds is 3. The first-order chi connectivity index (χ1) is 11.2. The molecule has 0 N–H and O–H groups in total. The smallest absolute Gasteiger partial charge is 0.230 e. The Morgan fingerprint density at radius 2 is 2.09 bits per heavy atom. The number of amides is 1. The second kappa shape index (κ2) is 5.41. The van der Waals surface area contributed by atoms with Crippen molar-refractivity contribution in [3.63, 3.8) is 0 Å². The van der Waals surface area contributed by atoms with E-state index in [1.54, 1.807) is 12.5 Å². The number of carbonyl (C=O) groups excluding carboxylic acids is 1. The molecule has 2 aliphatic rings. The molecular weight excluding hydrogens is 286 g/mol. The van der Waals surface area contributed by atoms with E-state index in [9.17, 15) is 4.79 Å². The molecule has 0 spiro atoms. The third-order valence-corrected chi connectivity index (χ3v) is 5.42. The first-order valence-corrected chi connectivity index (χ1v) is 8.24. The van der Waals surface area contributed by atoms with Gasteiger partial charge >= 0.3 is 0 Å². The van der Waals surface area contributed by atoms with Gasteiger partial charge in [-0.1, -0.05) is 49.4 Å². The summed E-state index contributed by atoms with van der Waals surface area (Å²) in [6.45, 7) is 2.77. The van der Waals surface area contributed by atoms with Gasteiger partial charge in [0.1, 0.15) is 0 Å². The molecule has 2 heterocycles. The quantitative estimate of drug-likeness (QED) is 0.791. The lowest BCUT2D eigenvalue weighted by Gasteiger charge is -2.31. The molecule has 3 heteroatoms. The molecule has 2 unspecified atom stereocenters. The van der Waals surface area contributed by atoms with E-state index in [2.05, 4.69) is 31.2 Å². The molecule has 4 rings (SSSR count). The van der Waals surface area contributed by atoms with E-state index in [1.807, 2.05) is 29.2 Å². The molecule has 0 bridgehead atoms. The lowest BCUT2D eigenvalue weighted by molar-refractivity contribution is -0.137. The zero-order valence-corrected chi connectivity index (χ0v) is 13.3. The third-order valence-electron chi connectivity index (χ3n) is 5.42. The van der Waals surface area contributed by atoms with Gasteiger partial charge in [0.2, 0.25) is 5.91 Å². The van der Waals surface area contributed by atoms with Gasteiger partial charge in [-0.15, -0.1) is 0 Å². The molecular formula is C20H21NO2. The van der Waals surface area contributed by atoms with Crippen molar-refractivity contribution in [1.29, 1.82) is 0 Å². The van der Waals surface area contributed by atoms with E-state index in [4.69, 9.17) is 4.42 Å². The van der Waals surface area contributed by atoms with Crippen LogP contribution >= 0.6 is 0 Å². The highest BCUT2D eigenvalue weighted by Gasteiger charge is 2.56. The van der Waals surface area contributed by atoms with E-state index >= 15 is 0 Å². The molecule has 1 aliphatic heterocycles. The average Bonchev–Trinajstić information content (AvgIpc) is 3.16. The second-order valence-corrected chi connectivity index (χ2v) is 6.83. The van der Waals surface area contributed by atoms with Crippen molar-refractivity contribution >= 4 is 5.91 Å². The van der Waals surface area contributed by atoms with Crippen LogP contribution in [0.15, 0.2) is 65.5 Å². The summed E-state index contributed by atoms with van der Waals surface area (Å²) in [5.74, 6) is 0.479. The highest BCUT2D eigenvalue weighted by atomic mass is 16.3. The summed E-state index contributed by atoms with van der Waals surface area (Å²) >= 11 is 0. The molecule has 0 radical (unpaired) electrons. The predicted molar refractivity (Wildman–Crippen MR) is 88.4 cm³/mol. The number of hydrogen-bond donors (Lipinski definition) is 0. The second-order valence-electron chi connectivity index (χ2n) is 6.83. The number of likely N-dealkylation sites (tertiary alicyclic amines) is 1. The Kier molecular flexibility index (Phi) is 3.37. The maximum atomic E-state index is 13.2. The maximum Gasteiger partial charge on any atom is 0.230 e. The molecule has 1 aromatic heterocycles. The van der Waals surface area contributed by atoms with Gasteiger partial charge in [0.15, 0.2) is 0 Å². The molecule has 1 fully saturated rings. The zero-order valence-electron chi connectivity index (χ0n) is 13.3. The summed E-state index contributed by atoms with van der Waals surface area (Å²) in [6, 6.07) is 12.3. The Balaban J connectivity index is 1.76. The SMILES string of the molecule is C[C@@]12CCC=CC1C(c1ccoc1)N(Cc1ccccc1)C2=O. The lowest BCUT2D eigenvalue weighted by Crippen LogP contribution is -2.34.